The van der Waals surface area contributed by atoms with Gasteiger partial charge in [-0.15, -0.1) is 0 Å². The Labute approximate surface area is 111 Å². The average molecular weight is 253 g/mol. The van der Waals surface area contributed by atoms with Crippen molar-refractivity contribution in [3.8, 4) is 0 Å². The summed E-state index contributed by atoms with van der Waals surface area (Å²) in [5, 5.41) is 3.53. The van der Waals surface area contributed by atoms with E-state index in [-0.39, 0.29) is 0 Å². The number of nitrogens with one attached hydrogen (secondary N) is 1. The number of methoxy groups -OCH3 is 1. The summed E-state index contributed by atoms with van der Waals surface area (Å²) in [6, 6.07) is 0.462. The van der Waals surface area contributed by atoms with Crippen LogP contribution in [0.25, 0.3) is 0 Å². The maximum absolute atomic E-state index is 5.08. The van der Waals surface area contributed by atoms with Crippen molar-refractivity contribution in [1.29, 1.82) is 0 Å². The largest absolute Gasteiger partial charge is 0.385 e. The van der Waals surface area contributed by atoms with Gasteiger partial charge in [0.15, 0.2) is 0 Å². The molecule has 18 heavy (non-hydrogen) atoms. The Bertz CT molecular complexity index is 321. The third-order valence-electron chi connectivity index (χ3n) is 3.58. The number of hydrogen-bond acceptors (Lipinski definition) is 3. The highest BCUT2D eigenvalue weighted by molar-refractivity contribution is 5.27. The molecule has 1 atom stereocenters. The maximum Gasteiger partial charge on any atom is 0.202 e. The predicted octanol–water partition coefficient (Wildman–Crippen LogP) is 3.16. The van der Waals surface area contributed by atoms with E-state index in [4.69, 9.17) is 4.74 Å². The summed E-state index contributed by atoms with van der Waals surface area (Å²) in [5.41, 5.74) is 0. The van der Waals surface area contributed by atoms with Crippen LogP contribution in [0, 0.1) is 5.92 Å². The minimum atomic E-state index is 0.462. The van der Waals surface area contributed by atoms with Crippen molar-refractivity contribution >= 4 is 5.95 Å². The van der Waals surface area contributed by atoms with Crippen molar-refractivity contribution in [3.05, 3.63) is 12.4 Å². The number of ether oxygens (including phenoxy) is 1. The molecule has 0 amide bonds. The van der Waals surface area contributed by atoms with Crippen LogP contribution in [0.4, 0.5) is 5.95 Å². The summed E-state index contributed by atoms with van der Waals surface area (Å²) in [5.74, 6) is 1.68. The Hall–Kier alpha value is -1.03. The van der Waals surface area contributed by atoms with E-state index in [1.165, 1.54) is 12.8 Å². The number of rotatable bonds is 9. The Balaban J connectivity index is 2.53. The standard InChI is InChI=1S/C14H27N3O/c1-5-13(6-2)12(3)16-14-15-8-10-17(14)9-7-11-18-4/h8,10,12-13H,5-7,9,11H2,1-4H3,(H,15,16). The lowest BCUT2D eigenvalue weighted by atomic mass is 9.96. The lowest BCUT2D eigenvalue weighted by Crippen LogP contribution is -2.26. The van der Waals surface area contributed by atoms with Gasteiger partial charge >= 0.3 is 0 Å². The number of hydrogen-bond donors (Lipinski definition) is 1. The van der Waals surface area contributed by atoms with Gasteiger partial charge in [-0.1, -0.05) is 26.7 Å². The van der Waals surface area contributed by atoms with Gasteiger partial charge in [0.25, 0.3) is 0 Å². The molecule has 0 aromatic carbocycles. The lowest BCUT2D eigenvalue weighted by Gasteiger charge is -2.23. The van der Waals surface area contributed by atoms with E-state index in [0.717, 1.165) is 25.5 Å². The Morgan fingerprint density at radius 2 is 2.11 bits per heavy atom. The van der Waals surface area contributed by atoms with Crippen molar-refractivity contribution in [1.82, 2.24) is 9.55 Å². The molecule has 4 nitrogen and oxygen atoms in total. The van der Waals surface area contributed by atoms with E-state index in [1.807, 2.05) is 12.4 Å². The number of aromatic nitrogens is 2. The van der Waals surface area contributed by atoms with Gasteiger partial charge in [0.1, 0.15) is 0 Å². The van der Waals surface area contributed by atoms with Crippen LogP contribution in [0.3, 0.4) is 0 Å². The van der Waals surface area contributed by atoms with Crippen LogP contribution in [0.15, 0.2) is 12.4 Å². The third-order valence-corrected chi connectivity index (χ3v) is 3.58. The Morgan fingerprint density at radius 1 is 1.39 bits per heavy atom. The second kappa shape index (κ2) is 8.14. The van der Waals surface area contributed by atoms with Crippen LogP contribution in [-0.4, -0.2) is 29.3 Å². The first-order chi connectivity index (χ1) is 8.72. The number of imidazole rings is 1. The van der Waals surface area contributed by atoms with Gasteiger partial charge in [-0.2, -0.15) is 0 Å². The number of anilines is 1. The van der Waals surface area contributed by atoms with Crippen LogP contribution in [0.2, 0.25) is 0 Å². The van der Waals surface area contributed by atoms with E-state index < -0.39 is 0 Å². The number of aryl methyl sites for hydroxylation is 1. The first-order valence-corrected chi connectivity index (χ1v) is 6.99. The molecule has 1 unspecified atom stereocenters. The summed E-state index contributed by atoms with van der Waals surface area (Å²) >= 11 is 0. The van der Waals surface area contributed by atoms with Crippen LogP contribution >= 0.6 is 0 Å². The molecule has 1 N–H and O–H groups in total. The van der Waals surface area contributed by atoms with Crippen LogP contribution < -0.4 is 5.32 Å². The minimum absolute atomic E-state index is 0.462. The zero-order valence-electron chi connectivity index (χ0n) is 12.1. The molecule has 0 aliphatic heterocycles. The van der Waals surface area contributed by atoms with E-state index in [2.05, 4.69) is 35.6 Å². The van der Waals surface area contributed by atoms with Crippen molar-refractivity contribution < 1.29 is 4.74 Å². The highest BCUT2D eigenvalue weighted by Crippen LogP contribution is 2.17. The van der Waals surface area contributed by atoms with Gasteiger partial charge in [-0.3, -0.25) is 0 Å². The molecule has 104 valence electrons. The average Bonchev–Trinajstić information content (AvgIpc) is 2.79. The van der Waals surface area contributed by atoms with Crippen molar-refractivity contribution in [2.75, 3.05) is 19.0 Å². The van der Waals surface area contributed by atoms with Gasteiger partial charge in [-0.25, -0.2) is 4.98 Å². The lowest BCUT2D eigenvalue weighted by molar-refractivity contribution is 0.190. The molecule has 0 aliphatic rings. The molecule has 1 heterocycles. The third kappa shape index (κ3) is 4.33. The molecule has 0 radical (unpaired) electrons. The summed E-state index contributed by atoms with van der Waals surface area (Å²) < 4.78 is 7.24. The predicted molar refractivity (Wildman–Crippen MR) is 75.9 cm³/mol. The van der Waals surface area contributed by atoms with E-state index in [9.17, 15) is 0 Å². The molecule has 4 heteroatoms. The topological polar surface area (TPSA) is 39.1 Å². The summed E-state index contributed by atoms with van der Waals surface area (Å²) in [4.78, 5) is 4.40. The maximum atomic E-state index is 5.08. The van der Waals surface area contributed by atoms with Crippen molar-refractivity contribution in [2.45, 2.75) is 52.6 Å². The van der Waals surface area contributed by atoms with Crippen LogP contribution in [0.5, 0.6) is 0 Å². The molecule has 1 rings (SSSR count). The van der Waals surface area contributed by atoms with Crippen molar-refractivity contribution in [2.24, 2.45) is 5.92 Å². The van der Waals surface area contributed by atoms with Crippen LogP contribution in [0.1, 0.15) is 40.0 Å². The molecular weight excluding hydrogens is 226 g/mol. The van der Waals surface area contributed by atoms with E-state index >= 15 is 0 Å². The SMILES string of the molecule is CCC(CC)C(C)Nc1nccn1CCCOC. The van der Waals surface area contributed by atoms with Gasteiger partial charge in [0.05, 0.1) is 0 Å². The summed E-state index contributed by atoms with van der Waals surface area (Å²) in [6.45, 7) is 8.48. The van der Waals surface area contributed by atoms with Gasteiger partial charge in [-0.05, 0) is 19.3 Å². The van der Waals surface area contributed by atoms with Crippen molar-refractivity contribution in [3.63, 3.8) is 0 Å². The second-order valence-corrected chi connectivity index (χ2v) is 4.80. The second-order valence-electron chi connectivity index (χ2n) is 4.80. The van der Waals surface area contributed by atoms with Gasteiger partial charge < -0.3 is 14.6 Å². The first-order valence-electron chi connectivity index (χ1n) is 6.99. The Kier molecular flexibility index (Phi) is 6.80. The monoisotopic (exact) mass is 253 g/mol. The zero-order valence-corrected chi connectivity index (χ0v) is 12.1. The number of nitrogens with zero attached hydrogens (tertiary/aromatic N) is 2. The molecule has 0 bridgehead atoms. The fourth-order valence-electron chi connectivity index (χ4n) is 2.33. The molecular formula is C14H27N3O. The molecule has 0 fully saturated rings. The zero-order chi connectivity index (χ0) is 13.4. The quantitative estimate of drug-likeness (QED) is 0.687. The molecule has 0 saturated carbocycles. The fourth-order valence-corrected chi connectivity index (χ4v) is 2.33. The summed E-state index contributed by atoms with van der Waals surface area (Å²) in [7, 11) is 1.74. The van der Waals surface area contributed by atoms with Gasteiger partial charge in [0.2, 0.25) is 5.95 Å². The normalized spacial score (nSPS) is 12.9. The van der Waals surface area contributed by atoms with Gasteiger partial charge in [0, 0.05) is 38.7 Å². The highest BCUT2D eigenvalue weighted by Gasteiger charge is 2.15. The molecule has 0 saturated heterocycles. The van der Waals surface area contributed by atoms with E-state index in [0.29, 0.717) is 12.0 Å². The molecule has 0 spiro atoms. The summed E-state index contributed by atoms with van der Waals surface area (Å²) in [6.07, 6.45) is 7.30. The van der Waals surface area contributed by atoms with E-state index in [1.54, 1.807) is 7.11 Å². The molecule has 0 aliphatic carbocycles. The van der Waals surface area contributed by atoms with Crippen LogP contribution in [-0.2, 0) is 11.3 Å². The molecule has 1 aromatic heterocycles. The molecule has 1 aromatic rings. The Morgan fingerprint density at radius 3 is 2.72 bits per heavy atom. The first kappa shape index (κ1) is 15.0. The fraction of sp³-hybridized carbons (Fsp3) is 0.786. The minimum Gasteiger partial charge on any atom is -0.385 e. The smallest absolute Gasteiger partial charge is 0.202 e. The highest BCUT2D eigenvalue weighted by atomic mass is 16.5.